The lowest BCUT2D eigenvalue weighted by Crippen LogP contribution is -2.41. The second kappa shape index (κ2) is 5.44. The third-order valence-electron chi connectivity index (χ3n) is 3.90. The lowest BCUT2D eigenvalue weighted by Gasteiger charge is -2.28. The van der Waals surface area contributed by atoms with Gasteiger partial charge in [-0.25, -0.2) is 14.8 Å². The second-order valence-electron chi connectivity index (χ2n) is 5.29. The van der Waals surface area contributed by atoms with Crippen LogP contribution in [0.5, 0.6) is 0 Å². The Hall–Kier alpha value is -2.18. The number of carboxylic acids is 1. The van der Waals surface area contributed by atoms with E-state index in [0.717, 1.165) is 0 Å². The van der Waals surface area contributed by atoms with E-state index in [1.54, 1.807) is 6.07 Å². The van der Waals surface area contributed by atoms with Gasteiger partial charge in [-0.15, -0.1) is 0 Å². The number of anilines is 1. The minimum absolute atomic E-state index is 0.0363. The van der Waals surface area contributed by atoms with Crippen LogP contribution < -0.4 is 5.32 Å². The van der Waals surface area contributed by atoms with Crippen LogP contribution in [0.1, 0.15) is 20.3 Å². The van der Waals surface area contributed by atoms with Crippen LogP contribution in [-0.2, 0) is 4.79 Å². The fraction of sp³-hybridized carbons (Fsp3) is 0.538. The molecule has 0 aliphatic carbocycles. The summed E-state index contributed by atoms with van der Waals surface area (Å²) in [5.41, 5.74) is -0.866. The predicted molar refractivity (Wildman–Crippen MR) is 72.1 cm³/mol. The van der Waals surface area contributed by atoms with Crippen LogP contribution in [0, 0.1) is 11.3 Å². The van der Waals surface area contributed by atoms with E-state index in [2.05, 4.69) is 15.3 Å². The minimum atomic E-state index is -0.866. The second-order valence-corrected chi connectivity index (χ2v) is 5.29. The number of hydrogen-bond donors (Lipinski definition) is 2. The first-order valence-electron chi connectivity index (χ1n) is 6.52. The summed E-state index contributed by atoms with van der Waals surface area (Å²) in [4.78, 5) is 32.9. The first-order valence-corrected chi connectivity index (χ1v) is 6.52. The summed E-state index contributed by atoms with van der Waals surface area (Å²) in [5, 5.41) is 12.0. The number of nitrogens with one attached hydrogen (secondary N) is 1. The van der Waals surface area contributed by atoms with Crippen molar-refractivity contribution in [2.45, 2.75) is 20.3 Å². The number of likely N-dealkylation sites (tertiary alicyclic amines) is 1. The highest BCUT2D eigenvalue weighted by Crippen LogP contribution is 2.38. The van der Waals surface area contributed by atoms with E-state index in [1.807, 2.05) is 13.8 Å². The zero-order valence-electron chi connectivity index (χ0n) is 11.5. The van der Waals surface area contributed by atoms with Gasteiger partial charge >= 0.3 is 12.0 Å². The number of amides is 2. The summed E-state index contributed by atoms with van der Waals surface area (Å²) in [5.74, 6) is -0.667. The minimum Gasteiger partial charge on any atom is -0.481 e. The fourth-order valence-electron chi connectivity index (χ4n) is 2.44. The molecule has 0 radical (unpaired) electrons. The molecule has 1 aliphatic rings. The summed E-state index contributed by atoms with van der Waals surface area (Å²) in [6.45, 7) is 4.37. The van der Waals surface area contributed by atoms with Gasteiger partial charge in [-0.3, -0.25) is 10.1 Å². The average Bonchev–Trinajstić information content (AvgIpc) is 2.86. The van der Waals surface area contributed by atoms with Gasteiger partial charge < -0.3 is 10.0 Å². The Morgan fingerprint density at radius 1 is 1.40 bits per heavy atom. The maximum absolute atomic E-state index is 12.1. The standard InChI is InChI=1S/C13H18N4O3/c1-9(2)13(10(18)19)4-7-17(8-13)12(20)16-11-14-5-3-6-15-11/h3,5-6,9H,4,7-8H2,1-2H3,(H,18,19)(H,14,15,16,20). The molecule has 2 amide bonds. The summed E-state index contributed by atoms with van der Waals surface area (Å²) >= 11 is 0. The molecule has 20 heavy (non-hydrogen) atoms. The molecule has 1 fully saturated rings. The van der Waals surface area contributed by atoms with Crippen LogP contribution in [0.2, 0.25) is 0 Å². The predicted octanol–water partition coefficient (Wildman–Crippen LogP) is 1.44. The number of carbonyl (C=O) groups excluding carboxylic acids is 1. The van der Waals surface area contributed by atoms with E-state index in [9.17, 15) is 14.7 Å². The van der Waals surface area contributed by atoms with Crippen molar-refractivity contribution in [1.29, 1.82) is 0 Å². The van der Waals surface area contributed by atoms with Gasteiger partial charge in [0, 0.05) is 25.5 Å². The zero-order valence-corrected chi connectivity index (χ0v) is 11.5. The van der Waals surface area contributed by atoms with E-state index in [1.165, 1.54) is 17.3 Å². The lowest BCUT2D eigenvalue weighted by atomic mass is 9.76. The Bertz CT molecular complexity index is 506. The van der Waals surface area contributed by atoms with Gasteiger partial charge in [0.15, 0.2) is 0 Å². The van der Waals surface area contributed by atoms with Crippen molar-refractivity contribution in [3.8, 4) is 0 Å². The molecule has 1 unspecified atom stereocenters. The Balaban J connectivity index is 2.05. The van der Waals surface area contributed by atoms with Crippen LogP contribution in [0.3, 0.4) is 0 Å². The summed E-state index contributed by atoms with van der Waals surface area (Å²) in [6.07, 6.45) is 3.52. The Kier molecular flexibility index (Phi) is 3.87. The van der Waals surface area contributed by atoms with E-state index in [0.29, 0.717) is 13.0 Å². The first-order chi connectivity index (χ1) is 9.45. The molecule has 108 valence electrons. The van der Waals surface area contributed by atoms with E-state index < -0.39 is 11.4 Å². The Labute approximate surface area is 117 Å². The number of carbonyl (C=O) groups is 2. The summed E-state index contributed by atoms with van der Waals surface area (Å²) in [6, 6.07) is 1.29. The van der Waals surface area contributed by atoms with Gasteiger partial charge in [-0.2, -0.15) is 0 Å². The molecular formula is C13H18N4O3. The highest BCUT2D eigenvalue weighted by molar-refractivity contribution is 5.88. The average molecular weight is 278 g/mol. The summed E-state index contributed by atoms with van der Waals surface area (Å²) < 4.78 is 0. The van der Waals surface area contributed by atoms with Crippen LogP contribution >= 0.6 is 0 Å². The van der Waals surface area contributed by atoms with Gasteiger partial charge in [0.1, 0.15) is 0 Å². The van der Waals surface area contributed by atoms with E-state index in [4.69, 9.17) is 0 Å². The van der Waals surface area contributed by atoms with E-state index >= 15 is 0 Å². The Morgan fingerprint density at radius 2 is 2.05 bits per heavy atom. The number of aromatic nitrogens is 2. The third kappa shape index (κ3) is 2.56. The maximum atomic E-state index is 12.1. The van der Waals surface area contributed by atoms with Gasteiger partial charge in [0.05, 0.1) is 5.41 Å². The van der Waals surface area contributed by atoms with Crippen molar-refractivity contribution in [3.63, 3.8) is 0 Å². The Morgan fingerprint density at radius 3 is 2.55 bits per heavy atom. The van der Waals surface area contributed by atoms with Crippen LogP contribution in [0.25, 0.3) is 0 Å². The van der Waals surface area contributed by atoms with Crippen molar-refractivity contribution < 1.29 is 14.7 Å². The molecule has 7 nitrogen and oxygen atoms in total. The summed E-state index contributed by atoms with van der Waals surface area (Å²) in [7, 11) is 0. The van der Waals surface area contributed by atoms with Crippen molar-refractivity contribution >= 4 is 17.9 Å². The fourth-order valence-corrected chi connectivity index (χ4v) is 2.44. The molecule has 0 saturated carbocycles. The molecule has 2 rings (SSSR count). The van der Waals surface area contributed by atoms with Gasteiger partial charge in [0.2, 0.25) is 5.95 Å². The lowest BCUT2D eigenvalue weighted by molar-refractivity contribution is -0.150. The molecule has 1 atom stereocenters. The highest BCUT2D eigenvalue weighted by atomic mass is 16.4. The molecular weight excluding hydrogens is 260 g/mol. The number of aliphatic carboxylic acids is 1. The number of rotatable bonds is 3. The monoisotopic (exact) mass is 278 g/mol. The number of urea groups is 1. The maximum Gasteiger partial charge on any atom is 0.324 e. The highest BCUT2D eigenvalue weighted by Gasteiger charge is 2.48. The number of nitrogens with zero attached hydrogens (tertiary/aromatic N) is 3. The third-order valence-corrected chi connectivity index (χ3v) is 3.90. The topological polar surface area (TPSA) is 95.4 Å². The smallest absolute Gasteiger partial charge is 0.324 e. The largest absolute Gasteiger partial charge is 0.481 e. The first kappa shape index (κ1) is 14.2. The van der Waals surface area contributed by atoms with Crippen LogP contribution in [0.4, 0.5) is 10.7 Å². The molecule has 7 heteroatoms. The van der Waals surface area contributed by atoms with Gasteiger partial charge in [0.25, 0.3) is 0 Å². The zero-order chi connectivity index (χ0) is 14.8. The molecule has 1 aliphatic heterocycles. The van der Waals surface area contributed by atoms with Crippen LogP contribution in [0.15, 0.2) is 18.5 Å². The molecule has 0 bridgehead atoms. The number of carboxylic acid groups (broad SMARTS) is 1. The van der Waals surface area contributed by atoms with Crippen molar-refractivity contribution in [2.24, 2.45) is 11.3 Å². The van der Waals surface area contributed by atoms with Crippen molar-refractivity contribution in [2.75, 3.05) is 18.4 Å². The van der Waals surface area contributed by atoms with Crippen molar-refractivity contribution in [1.82, 2.24) is 14.9 Å². The SMILES string of the molecule is CC(C)C1(C(=O)O)CCN(C(=O)Nc2ncccn2)C1. The van der Waals surface area contributed by atoms with Crippen LogP contribution in [-0.4, -0.2) is 45.1 Å². The van der Waals surface area contributed by atoms with Gasteiger partial charge in [-0.1, -0.05) is 13.8 Å². The molecule has 1 aromatic heterocycles. The molecule has 1 aromatic rings. The number of hydrogen-bond acceptors (Lipinski definition) is 4. The quantitative estimate of drug-likeness (QED) is 0.872. The molecule has 0 spiro atoms. The van der Waals surface area contributed by atoms with E-state index in [-0.39, 0.29) is 24.4 Å². The normalized spacial score (nSPS) is 22.1. The molecule has 2 heterocycles. The van der Waals surface area contributed by atoms with Crippen molar-refractivity contribution in [3.05, 3.63) is 18.5 Å². The molecule has 1 saturated heterocycles. The van der Waals surface area contributed by atoms with Gasteiger partial charge in [-0.05, 0) is 18.4 Å². The molecule has 2 N–H and O–H groups in total. The molecule has 0 aromatic carbocycles.